The normalized spacial score (nSPS) is 10.1. The smallest absolute Gasteiger partial charge is 0.269 e. The van der Waals surface area contributed by atoms with Crippen LogP contribution in [0.5, 0.6) is 0 Å². The standard InChI is InChI=1S/C13H18IN3OS/c1-9(2)6-7-15-13(19)17-16-12(18)10-4-3-5-11(14)8-10/h3-5,8-9H,6-7H2,1-2H3,(H,16,18)(H2,15,17,19). The summed E-state index contributed by atoms with van der Waals surface area (Å²) >= 11 is 7.23. The fraction of sp³-hybridized carbons (Fsp3) is 0.385. The summed E-state index contributed by atoms with van der Waals surface area (Å²) in [6, 6.07) is 7.35. The van der Waals surface area contributed by atoms with Crippen LogP contribution in [0, 0.1) is 9.49 Å². The molecule has 0 heterocycles. The Morgan fingerprint density at radius 2 is 2.11 bits per heavy atom. The molecule has 1 amide bonds. The summed E-state index contributed by atoms with van der Waals surface area (Å²) in [6.45, 7) is 5.09. The molecule has 4 nitrogen and oxygen atoms in total. The van der Waals surface area contributed by atoms with Crippen molar-refractivity contribution < 1.29 is 4.79 Å². The lowest BCUT2D eigenvalue weighted by Gasteiger charge is -2.12. The van der Waals surface area contributed by atoms with Gasteiger partial charge in [0, 0.05) is 15.7 Å². The molecule has 0 aromatic heterocycles. The molecule has 0 atom stereocenters. The quantitative estimate of drug-likeness (QED) is 0.419. The van der Waals surface area contributed by atoms with Crippen LogP contribution in [0.3, 0.4) is 0 Å². The molecule has 104 valence electrons. The van der Waals surface area contributed by atoms with Gasteiger partial charge >= 0.3 is 0 Å². The van der Waals surface area contributed by atoms with Crippen molar-refractivity contribution in [1.29, 1.82) is 0 Å². The Balaban J connectivity index is 2.32. The van der Waals surface area contributed by atoms with Crippen molar-refractivity contribution in [3.63, 3.8) is 0 Å². The second-order valence-electron chi connectivity index (χ2n) is 4.53. The molecule has 19 heavy (non-hydrogen) atoms. The summed E-state index contributed by atoms with van der Waals surface area (Å²) < 4.78 is 1.02. The molecule has 0 unspecified atom stereocenters. The van der Waals surface area contributed by atoms with Crippen molar-refractivity contribution in [3.8, 4) is 0 Å². The van der Waals surface area contributed by atoms with Crippen LogP contribution >= 0.6 is 34.8 Å². The number of amides is 1. The van der Waals surface area contributed by atoms with Gasteiger partial charge in [-0.1, -0.05) is 19.9 Å². The third-order valence-electron chi connectivity index (χ3n) is 2.38. The number of carbonyl (C=O) groups is 1. The predicted molar refractivity (Wildman–Crippen MR) is 89.8 cm³/mol. The Hall–Kier alpha value is -0.890. The third-order valence-corrected chi connectivity index (χ3v) is 3.30. The van der Waals surface area contributed by atoms with E-state index in [4.69, 9.17) is 12.2 Å². The van der Waals surface area contributed by atoms with E-state index in [-0.39, 0.29) is 5.91 Å². The first-order valence-electron chi connectivity index (χ1n) is 6.09. The number of rotatable bonds is 4. The number of nitrogens with one attached hydrogen (secondary N) is 3. The zero-order valence-corrected chi connectivity index (χ0v) is 14.0. The molecule has 0 aliphatic heterocycles. The molecule has 0 radical (unpaired) electrons. The van der Waals surface area contributed by atoms with Gasteiger partial charge in [0.25, 0.3) is 5.91 Å². The minimum absolute atomic E-state index is 0.202. The molecule has 0 fully saturated rings. The van der Waals surface area contributed by atoms with Gasteiger partial charge in [0.15, 0.2) is 5.11 Å². The zero-order chi connectivity index (χ0) is 14.3. The van der Waals surface area contributed by atoms with Gasteiger partial charge in [-0.25, -0.2) is 0 Å². The number of hydrogen-bond donors (Lipinski definition) is 3. The van der Waals surface area contributed by atoms with Crippen LogP contribution < -0.4 is 16.2 Å². The van der Waals surface area contributed by atoms with E-state index in [9.17, 15) is 4.79 Å². The van der Waals surface area contributed by atoms with E-state index in [1.54, 1.807) is 6.07 Å². The molecule has 0 saturated heterocycles. The first-order valence-corrected chi connectivity index (χ1v) is 7.57. The molecule has 0 spiro atoms. The summed E-state index contributed by atoms with van der Waals surface area (Å²) in [5, 5.41) is 3.47. The van der Waals surface area contributed by atoms with Gasteiger partial charge in [-0.2, -0.15) is 0 Å². The second kappa shape index (κ2) is 8.31. The Kier molecular flexibility index (Phi) is 7.07. The van der Waals surface area contributed by atoms with E-state index < -0.39 is 0 Å². The molecule has 0 bridgehead atoms. The SMILES string of the molecule is CC(C)CCNC(=S)NNC(=O)c1cccc(I)c1. The van der Waals surface area contributed by atoms with E-state index >= 15 is 0 Å². The molecule has 0 aliphatic carbocycles. The van der Waals surface area contributed by atoms with Crippen LogP contribution in [-0.2, 0) is 0 Å². The highest BCUT2D eigenvalue weighted by Gasteiger charge is 2.05. The average molecular weight is 391 g/mol. The van der Waals surface area contributed by atoms with Gasteiger partial charge in [-0.3, -0.25) is 15.6 Å². The van der Waals surface area contributed by atoms with Crippen LogP contribution in [0.4, 0.5) is 0 Å². The number of hydrazine groups is 1. The van der Waals surface area contributed by atoms with Crippen molar-refractivity contribution in [2.24, 2.45) is 5.92 Å². The molecule has 3 N–H and O–H groups in total. The van der Waals surface area contributed by atoms with Gasteiger partial charge in [-0.15, -0.1) is 0 Å². The minimum atomic E-state index is -0.202. The fourth-order valence-corrected chi connectivity index (χ4v) is 2.03. The molecule has 1 aromatic rings. The van der Waals surface area contributed by atoms with Crippen LogP contribution in [-0.4, -0.2) is 17.6 Å². The van der Waals surface area contributed by atoms with Crippen molar-refractivity contribution >= 4 is 45.8 Å². The topological polar surface area (TPSA) is 53.2 Å². The number of thiocarbonyl (C=S) groups is 1. The van der Waals surface area contributed by atoms with E-state index in [0.717, 1.165) is 16.5 Å². The van der Waals surface area contributed by atoms with E-state index in [2.05, 4.69) is 52.6 Å². The maximum absolute atomic E-state index is 11.8. The molecule has 0 saturated carbocycles. The molecule has 1 rings (SSSR count). The van der Waals surface area contributed by atoms with Gasteiger partial charge in [0.05, 0.1) is 0 Å². The number of halogens is 1. The number of hydrogen-bond acceptors (Lipinski definition) is 2. The van der Waals surface area contributed by atoms with E-state index in [1.807, 2.05) is 18.2 Å². The molecular formula is C13H18IN3OS. The first-order chi connectivity index (χ1) is 8.99. The van der Waals surface area contributed by atoms with Crippen molar-refractivity contribution in [1.82, 2.24) is 16.2 Å². The Morgan fingerprint density at radius 1 is 1.37 bits per heavy atom. The summed E-state index contributed by atoms with van der Waals surface area (Å²) in [7, 11) is 0. The van der Waals surface area contributed by atoms with Gasteiger partial charge in [0.1, 0.15) is 0 Å². The third kappa shape index (κ3) is 6.72. The van der Waals surface area contributed by atoms with Crippen LogP contribution in [0.2, 0.25) is 0 Å². The predicted octanol–water partition coefficient (Wildman–Crippen LogP) is 2.45. The molecule has 0 aliphatic rings. The Labute approximate surface area is 132 Å². The average Bonchev–Trinajstić information content (AvgIpc) is 2.35. The number of benzene rings is 1. The summed E-state index contributed by atoms with van der Waals surface area (Å²) in [5.74, 6) is 0.419. The molecule has 6 heteroatoms. The molecule has 1 aromatic carbocycles. The maximum atomic E-state index is 11.8. The van der Waals surface area contributed by atoms with Gasteiger partial charge in [0.2, 0.25) is 0 Å². The highest BCUT2D eigenvalue weighted by atomic mass is 127. The monoisotopic (exact) mass is 391 g/mol. The second-order valence-corrected chi connectivity index (χ2v) is 6.18. The minimum Gasteiger partial charge on any atom is -0.361 e. The van der Waals surface area contributed by atoms with E-state index in [0.29, 0.717) is 16.6 Å². The number of carbonyl (C=O) groups excluding carboxylic acids is 1. The Morgan fingerprint density at radius 3 is 2.74 bits per heavy atom. The lowest BCUT2D eigenvalue weighted by molar-refractivity contribution is 0.0943. The van der Waals surface area contributed by atoms with Gasteiger partial charge in [-0.05, 0) is 65.3 Å². The van der Waals surface area contributed by atoms with Crippen molar-refractivity contribution in [2.75, 3.05) is 6.54 Å². The van der Waals surface area contributed by atoms with Crippen molar-refractivity contribution in [3.05, 3.63) is 33.4 Å². The summed E-state index contributed by atoms with van der Waals surface area (Å²) in [6.07, 6.45) is 1.03. The van der Waals surface area contributed by atoms with Crippen LogP contribution in [0.1, 0.15) is 30.6 Å². The highest BCUT2D eigenvalue weighted by molar-refractivity contribution is 14.1. The Bertz CT molecular complexity index is 451. The molecular weight excluding hydrogens is 373 g/mol. The van der Waals surface area contributed by atoms with Crippen molar-refractivity contribution in [2.45, 2.75) is 20.3 Å². The first kappa shape index (κ1) is 16.2. The fourth-order valence-electron chi connectivity index (χ4n) is 1.33. The maximum Gasteiger partial charge on any atom is 0.269 e. The van der Waals surface area contributed by atoms with Gasteiger partial charge < -0.3 is 5.32 Å². The summed E-state index contributed by atoms with van der Waals surface area (Å²) in [4.78, 5) is 11.8. The lowest BCUT2D eigenvalue weighted by Crippen LogP contribution is -2.47. The lowest BCUT2D eigenvalue weighted by atomic mass is 10.1. The van der Waals surface area contributed by atoms with Crippen LogP contribution in [0.15, 0.2) is 24.3 Å². The van der Waals surface area contributed by atoms with E-state index in [1.165, 1.54) is 0 Å². The van der Waals surface area contributed by atoms with Crippen LogP contribution in [0.25, 0.3) is 0 Å². The largest absolute Gasteiger partial charge is 0.361 e. The summed E-state index contributed by atoms with van der Waals surface area (Å²) in [5.41, 5.74) is 5.86. The zero-order valence-electron chi connectivity index (χ0n) is 11.0. The highest BCUT2D eigenvalue weighted by Crippen LogP contribution is 2.07.